The molecule has 2 heterocycles. The second-order valence-corrected chi connectivity index (χ2v) is 4.58. The third-order valence-corrected chi connectivity index (χ3v) is 3.27. The van der Waals surface area contributed by atoms with Gasteiger partial charge in [0.25, 0.3) is 5.56 Å². The van der Waals surface area contributed by atoms with E-state index in [1.54, 1.807) is 21.2 Å². The molecule has 110 valence electrons. The summed E-state index contributed by atoms with van der Waals surface area (Å²) in [4.78, 5) is 28.6. The lowest BCUT2D eigenvalue weighted by Crippen LogP contribution is -2.37. The fourth-order valence-electron chi connectivity index (χ4n) is 2.24. The van der Waals surface area contributed by atoms with Crippen LogP contribution >= 0.6 is 0 Å². The van der Waals surface area contributed by atoms with Crippen LogP contribution in [0.25, 0.3) is 11.2 Å². The molecule has 0 aromatic carbocycles. The first kappa shape index (κ1) is 14.5. The molecule has 2 aromatic heterocycles. The topological polar surface area (TPSA) is 83.1 Å². The van der Waals surface area contributed by atoms with Crippen LogP contribution in [0, 0.1) is 0 Å². The first-order valence-electron chi connectivity index (χ1n) is 6.31. The molecule has 0 unspecified atom stereocenters. The Hall–Kier alpha value is -1.93. The maximum absolute atomic E-state index is 12.2. The Labute approximate surface area is 115 Å². The molecular weight excluding hydrogens is 262 g/mol. The minimum absolute atomic E-state index is 0.302. The highest BCUT2D eigenvalue weighted by molar-refractivity contribution is 5.70. The molecule has 0 radical (unpaired) electrons. The Morgan fingerprint density at radius 1 is 1.25 bits per heavy atom. The lowest BCUT2D eigenvalue weighted by atomic mass is 10.5. The van der Waals surface area contributed by atoms with Crippen LogP contribution in [0.15, 0.2) is 9.59 Å². The van der Waals surface area contributed by atoms with Crippen LogP contribution < -0.4 is 16.6 Å². The summed E-state index contributed by atoms with van der Waals surface area (Å²) in [5, 5.41) is 3.01. The molecular formula is C12H19N5O3. The highest BCUT2D eigenvalue weighted by atomic mass is 16.5. The number of imidazole rings is 1. The third-order valence-electron chi connectivity index (χ3n) is 3.27. The minimum Gasteiger partial charge on any atom is -0.383 e. The standard InChI is InChI=1S/C12H19N5O3/c1-13-7-8-14-9-10(17(8)5-6-20-4)15(2)12(19)16(3)11(9)18/h13H,5-7H2,1-4H3. The minimum atomic E-state index is -0.378. The summed E-state index contributed by atoms with van der Waals surface area (Å²) in [7, 11) is 6.50. The average Bonchev–Trinajstić information content (AvgIpc) is 2.79. The zero-order valence-electron chi connectivity index (χ0n) is 12.1. The molecule has 2 rings (SSSR count). The van der Waals surface area contributed by atoms with E-state index in [0.29, 0.717) is 36.7 Å². The van der Waals surface area contributed by atoms with E-state index in [9.17, 15) is 9.59 Å². The lowest BCUT2D eigenvalue weighted by Gasteiger charge is -2.10. The SMILES string of the molecule is CNCc1nc2c(=O)n(C)c(=O)n(C)c2n1CCOC. The smallest absolute Gasteiger partial charge is 0.332 e. The van der Waals surface area contributed by atoms with Crippen molar-refractivity contribution >= 4 is 11.2 Å². The lowest BCUT2D eigenvalue weighted by molar-refractivity contribution is 0.187. The number of hydrogen-bond donors (Lipinski definition) is 1. The van der Waals surface area contributed by atoms with Crippen LogP contribution in [0.4, 0.5) is 0 Å². The Morgan fingerprint density at radius 2 is 1.95 bits per heavy atom. The van der Waals surface area contributed by atoms with E-state index in [1.807, 2.05) is 4.57 Å². The number of ether oxygens (including phenoxy) is 1. The average molecular weight is 281 g/mol. The highest BCUT2D eigenvalue weighted by Crippen LogP contribution is 2.11. The van der Waals surface area contributed by atoms with Crippen molar-refractivity contribution in [3.63, 3.8) is 0 Å². The molecule has 1 N–H and O–H groups in total. The van der Waals surface area contributed by atoms with E-state index in [0.717, 1.165) is 4.57 Å². The summed E-state index contributed by atoms with van der Waals surface area (Å²) in [5.74, 6) is 0.706. The molecule has 0 saturated heterocycles. The van der Waals surface area contributed by atoms with Crippen LogP contribution in [0.1, 0.15) is 5.82 Å². The summed E-state index contributed by atoms with van der Waals surface area (Å²) < 4.78 is 9.44. The van der Waals surface area contributed by atoms with Gasteiger partial charge < -0.3 is 14.6 Å². The summed E-state index contributed by atoms with van der Waals surface area (Å²) >= 11 is 0. The molecule has 0 amide bonds. The van der Waals surface area contributed by atoms with Crippen molar-refractivity contribution in [1.29, 1.82) is 0 Å². The number of fused-ring (bicyclic) bond motifs is 1. The first-order chi connectivity index (χ1) is 9.52. The van der Waals surface area contributed by atoms with Crippen molar-refractivity contribution in [1.82, 2.24) is 24.0 Å². The van der Waals surface area contributed by atoms with Crippen LogP contribution in [-0.2, 0) is 31.9 Å². The van der Waals surface area contributed by atoms with Gasteiger partial charge in [-0.1, -0.05) is 0 Å². The van der Waals surface area contributed by atoms with Gasteiger partial charge in [-0.15, -0.1) is 0 Å². The first-order valence-corrected chi connectivity index (χ1v) is 6.31. The number of rotatable bonds is 5. The van der Waals surface area contributed by atoms with Crippen molar-refractivity contribution in [3.8, 4) is 0 Å². The quantitative estimate of drug-likeness (QED) is 0.744. The van der Waals surface area contributed by atoms with E-state index in [-0.39, 0.29) is 11.2 Å². The van der Waals surface area contributed by atoms with Gasteiger partial charge in [0.1, 0.15) is 11.5 Å². The fourth-order valence-corrected chi connectivity index (χ4v) is 2.24. The summed E-state index contributed by atoms with van der Waals surface area (Å²) in [6.07, 6.45) is 0. The van der Waals surface area contributed by atoms with Gasteiger partial charge in [0.2, 0.25) is 0 Å². The van der Waals surface area contributed by atoms with Crippen molar-refractivity contribution in [2.75, 3.05) is 20.8 Å². The zero-order chi connectivity index (χ0) is 14.9. The van der Waals surface area contributed by atoms with Crippen molar-refractivity contribution in [2.45, 2.75) is 13.1 Å². The van der Waals surface area contributed by atoms with Gasteiger partial charge in [-0.3, -0.25) is 13.9 Å². The van der Waals surface area contributed by atoms with Gasteiger partial charge >= 0.3 is 5.69 Å². The number of nitrogens with one attached hydrogen (secondary N) is 1. The number of aromatic nitrogens is 4. The van der Waals surface area contributed by atoms with Crippen LogP contribution in [0.5, 0.6) is 0 Å². The second kappa shape index (κ2) is 5.59. The monoisotopic (exact) mass is 281 g/mol. The molecule has 0 aliphatic carbocycles. The molecule has 8 heteroatoms. The van der Waals surface area contributed by atoms with Gasteiger partial charge in [0.05, 0.1) is 13.2 Å². The van der Waals surface area contributed by atoms with Crippen LogP contribution in [-0.4, -0.2) is 39.4 Å². The highest BCUT2D eigenvalue weighted by Gasteiger charge is 2.18. The Kier molecular flexibility index (Phi) is 4.05. The van der Waals surface area contributed by atoms with Gasteiger partial charge in [-0.05, 0) is 7.05 Å². The summed E-state index contributed by atoms with van der Waals surface area (Å²) in [6.45, 7) is 1.52. The molecule has 0 aliphatic heterocycles. The van der Waals surface area contributed by atoms with Crippen molar-refractivity contribution < 1.29 is 4.74 Å². The van der Waals surface area contributed by atoms with Gasteiger partial charge in [0.15, 0.2) is 5.52 Å². The summed E-state index contributed by atoms with van der Waals surface area (Å²) in [6, 6.07) is 0. The molecule has 2 aromatic rings. The van der Waals surface area contributed by atoms with Crippen molar-refractivity contribution in [2.24, 2.45) is 14.1 Å². The molecule has 0 spiro atoms. The predicted octanol–water partition coefficient (Wildman–Crippen LogP) is -1.20. The normalized spacial score (nSPS) is 11.4. The Bertz CT molecular complexity index is 740. The van der Waals surface area contributed by atoms with E-state index in [2.05, 4.69) is 10.3 Å². The maximum atomic E-state index is 12.2. The predicted molar refractivity (Wildman–Crippen MR) is 74.9 cm³/mol. The number of hydrogen-bond acceptors (Lipinski definition) is 5. The molecule has 20 heavy (non-hydrogen) atoms. The van der Waals surface area contributed by atoms with E-state index in [4.69, 9.17) is 4.74 Å². The molecule has 0 fully saturated rings. The van der Waals surface area contributed by atoms with Gasteiger partial charge in [-0.25, -0.2) is 9.78 Å². The fraction of sp³-hybridized carbons (Fsp3) is 0.583. The second-order valence-electron chi connectivity index (χ2n) is 4.58. The van der Waals surface area contributed by atoms with E-state index < -0.39 is 0 Å². The largest absolute Gasteiger partial charge is 0.383 e. The van der Waals surface area contributed by atoms with E-state index in [1.165, 1.54) is 11.6 Å². The molecule has 0 atom stereocenters. The molecule has 0 bridgehead atoms. The number of nitrogens with zero attached hydrogens (tertiary/aromatic N) is 4. The zero-order valence-corrected chi connectivity index (χ0v) is 12.1. The number of aryl methyl sites for hydroxylation is 1. The molecule has 8 nitrogen and oxygen atoms in total. The van der Waals surface area contributed by atoms with Crippen LogP contribution in [0.2, 0.25) is 0 Å². The Balaban J connectivity index is 2.82. The summed E-state index contributed by atoms with van der Waals surface area (Å²) in [5.41, 5.74) is 0.0880. The third kappa shape index (κ3) is 2.16. The van der Waals surface area contributed by atoms with Gasteiger partial charge in [-0.2, -0.15) is 0 Å². The maximum Gasteiger partial charge on any atom is 0.332 e. The molecule has 0 aliphatic rings. The Morgan fingerprint density at radius 3 is 2.55 bits per heavy atom. The molecule has 0 saturated carbocycles. The van der Waals surface area contributed by atoms with Crippen molar-refractivity contribution in [3.05, 3.63) is 26.7 Å². The van der Waals surface area contributed by atoms with E-state index >= 15 is 0 Å². The van der Waals surface area contributed by atoms with Crippen LogP contribution in [0.3, 0.4) is 0 Å². The number of methoxy groups -OCH3 is 1. The van der Waals surface area contributed by atoms with Gasteiger partial charge in [0, 0.05) is 27.7 Å².